The SMILES string of the molecule is O=C(CC1C(=O)NCCN1Cc1ccccc1)NCCc1ccn[nH]1. The van der Waals surface area contributed by atoms with Crippen LogP contribution in [-0.2, 0) is 22.6 Å². The van der Waals surface area contributed by atoms with Crippen LogP contribution in [0.4, 0.5) is 0 Å². The highest BCUT2D eigenvalue weighted by atomic mass is 16.2. The number of rotatable bonds is 7. The summed E-state index contributed by atoms with van der Waals surface area (Å²) in [7, 11) is 0. The fraction of sp³-hybridized carbons (Fsp3) is 0.389. The Balaban J connectivity index is 1.53. The van der Waals surface area contributed by atoms with Gasteiger partial charge in [-0.3, -0.25) is 19.6 Å². The lowest BCUT2D eigenvalue weighted by molar-refractivity contribution is -0.134. The number of carbonyl (C=O) groups excluding carboxylic acids is 2. The van der Waals surface area contributed by atoms with Crippen LogP contribution in [0.1, 0.15) is 17.7 Å². The topological polar surface area (TPSA) is 90.1 Å². The Morgan fingerprint density at radius 3 is 2.88 bits per heavy atom. The Morgan fingerprint density at radius 2 is 2.12 bits per heavy atom. The van der Waals surface area contributed by atoms with Gasteiger partial charge in [0.15, 0.2) is 0 Å². The molecule has 0 spiro atoms. The predicted molar refractivity (Wildman–Crippen MR) is 93.6 cm³/mol. The minimum absolute atomic E-state index is 0.0779. The second-order valence-electron chi connectivity index (χ2n) is 6.15. The number of benzene rings is 1. The van der Waals surface area contributed by atoms with Crippen molar-refractivity contribution in [3.8, 4) is 0 Å². The van der Waals surface area contributed by atoms with Crippen LogP contribution in [0.15, 0.2) is 42.6 Å². The summed E-state index contributed by atoms with van der Waals surface area (Å²) in [6, 6.07) is 11.5. The van der Waals surface area contributed by atoms with Gasteiger partial charge in [0.1, 0.15) is 0 Å². The first kappa shape index (κ1) is 17.2. The highest BCUT2D eigenvalue weighted by Gasteiger charge is 2.31. The van der Waals surface area contributed by atoms with Gasteiger partial charge in [-0.1, -0.05) is 30.3 Å². The van der Waals surface area contributed by atoms with Gasteiger partial charge in [-0.2, -0.15) is 5.10 Å². The van der Waals surface area contributed by atoms with Gasteiger partial charge in [-0.05, 0) is 11.6 Å². The summed E-state index contributed by atoms with van der Waals surface area (Å²) >= 11 is 0. The molecule has 0 aliphatic carbocycles. The normalized spacial score (nSPS) is 17.9. The predicted octanol–water partition coefficient (Wildman–Crippen LogP) is 0.459. The van der Waals surface area contributed by atoms with E-state index in [0.717, 1.165) is 17.8 Å². The Labute approximate surface area is 146 Å². The minimum atomic E-state index is -0.430. The first-order valence-corrected chi connectivity index (χ1v) is 8.53. The zero-order valence-corrected chi connectivity index (χ0v) is 14.1. The van der Waals surface area contributed by atoms with E-state index in [1.165, 1.54) is 0 Å². The number of aromatic nitrogens is 2. The lowest BCUT2D eigenvalue weighted by atomic mass is 10.1. The molecule has 25 heavy (non-hydrogen) atoms. The number of hydrogen-bond donors (Lipinski definition) is 3. The Kier molecular flexibility index (Phi) is 5.79. The summed E-state index contributed by atoms with van der Waals surface area (Å²) in [6.07, 6.45) is 2.54. The average molecular weight is 341 g/mol. The Hall–Kier alpha value is -2.67. The minimum Gasteiger partial charge on any atom is -0.356 e. The van der Waals surface area contributed by atoms with E-state index < -0.39 is 6.04 Å². The van der Waals surface area contributed by atoms with E-state index in [1.54, 1.807) is 6.20 Å². The zero-order valence-electron chi connectivity index (χ0n) is 14.1. The second-order valence-corrected chi connectivity index (χ2v) is 6.15. The first-order valence-electron chi connectivity index (χ1n) is 8.53. The Bertz CT molecular complexity index is 687. The van der Waals surface area contributed by atoms with Crippen molar-refractivity contribution < 1.29 is 9.59 Å². The number of carbonyl (C=O) groups is 2. The number of hydrogen-bond acceptors (Lipinski definition) is 4. The van der Waals surface area contributed by atoms with Crippen LogP contribution in [-0.4, -0.2) is 52.6 Å². The van der Waals surface area contributed by atoms with Crippen molar-refractivity contribution in [2.45, 2.75) is 25.4 Å². The van der Waals surface area contributed by atoms with Crippen LogP contribution in [0.3, 0.4) is 0 Å². The molecule has 1 saturated heterocycles. The van der Waals surface area contributed by atoms with Gasteiger partial charge >= 0.3 is 0 Å². The third-order valence-corrected chi connectivity index (χ3v) is 4.32. The molecule has 0 bridgehead atoms. The summed E-state index contributed by atoms with van der Waals surface area (Å²) < 4.78 is 0. The van der Waals surface area contributed by atoms with Crippen molar-refractivity contribution in [3.05, 3.63) is 53.9 Å². The summed E-state index contributed by atoms with van der Waals surface area (Å²) in [5, 5.41) is 12.5. The standard InChI is InChI=1S/C18H23N5O2/c24-17(19-8-6-15-7-9-21-22-15)12-16-18(25)20-10-11-23(16)13-14-4-2-1-3-5-14/h1-5,7,9,16H,6,8,10-13H2,(H,19,24)(H,20,25)(H,21,22). The second kappa shape index (κ2) is 8.43. The monoisotopic (exact) mass is 341 g/mol. The molecule has 7 heteroatoms. The highest BCUT2D eigenvalue weighted by molar-refractivity contribution is 5.88. The highest BCUT2D eigenvalue weighted by Crippen LogP contribution is 2.13. The van der Waals surface area contributed by atoms with E-state index in [2.05, 4.69) is 25.7 Å². The molecule has 1 unspecified atom stereocenters. The molecule has 1 fully saturated rings. The maximum atomic E-state index is 12.2. The van der Waals surface area contributed by atoms with E-state index in [9.17, 15) is 9.59 Å². The van der Waals surface area contributed by atoms with E-state index in [4.69, 9.17) is 0 Å². The molecule has 1 atom stereocenters. The number of nitrogens with zero attached hydrogens (tertiary/aromatic N) is 2. The molecule has 1 aromatic heterocycles. The molecule has 1 aliphatic heterocycles. The molecule has 132 valence electrons. The lowest BCUT2D eigenvalue weighted by Crippen LogP contribution is -2.56. The Morgan fingerprint density at radius 1 is 1.28 bits per heavy atom. The van der Waals surface area contributed by atoms with Crippen LogP contribution >= 0.6 is 0 Å². The number of H-pyrrole nitrogens is 1. The molecule has 3 N–H and O–H groups in total. The number of amides is 2. The van der Waals surface area contributed by atoms with Crippen molar-refractivity contribution in [1.82, 2.24) is 25.7 Å². The molecule has 2 heterocycles. The molecule has 7 nitrogen and oxygen atoms in total. The van der Waals surface area contributed by atoms with E-state index in [1.807, 2.05) is 36.4 Å². The van der Waals surface area contributed by atoms with Gasteiger partial charge in [0, 0.05) is 44.5 Å². The van der Waals surface area contributed by atoms with Crippen molar-refractivity contribution in [2.75, 3.05) is 19.6 Å². The zero-order chi connectivity index (χ0) is 17.5. The number of nitrogens with one attached hydrogen (secondary N) is 3. The van der Waals surface area contributed by atoms with E-state index in [-0.39, 0.29) is 18.2 Å². The van der Waals surface area contributed by atoms with Gasteiger partial charge < -0.3 is 10.6 Å². The van der Waals surface area contributed by atoms with Crippen molar-refractivity contribution >= 4 is 11.8 Å². The van der Waals surface area contributed by atoms with Gasteiger partial charge in [0.05, 0.1) is 12.5 Å². The molecular weight excluding hydrogens is 318 g/mol. The first-order chi connectivity index (χ1) is 12.2. The molecule has 1 aromatic carbocycles. The van der Waals surface area contributed by atoms with Crippen molar-refractivity contribution in [3.63, 3.8) is 0 Å². The lowest BCUT2D eigenvalue weighted by Gasteiger charge is -2.34. The fourth-order valence-electron chi connectivity index (χ4n) is 3.00. The van der Waals surface area contributed by atoms with E-state index >= 15 is 0 Å². The van der Waals surface area contributed by atoms with Gasteiger partial charge in [-0.25, -0.2) is 0 Å². The maximum absolute atomic E-state index is 12.2. The molecular formula is C18H23N5O2. The third kappa shape index (κ3) is 4.90. The fourth-order valence-corrected chi connectivity index (χ4v) is 3.00. The third-order valence-electron chi connectivity index (χ3n) is 4.32. The smallest absolute Gasteiger partial charge is 0.237 e. The van der Waals surface area contributed by atoms with Gasteiger partial charge in [0.2, 0.25) is 11.8 Å². The number of piperazine rings is 1. The molecule has 3 rings (SSSR count). The van der Waals surface area contributed by atoms with Crippen LogP contribution in [0, 0.1) is 0 Å². The van der Waals surface area contributed by atoms with Crippen LogP contribution in [0.25, 0.3) is 0 Å². The molecule has 1 aliphatic rings. The van der Waals surface area contributed by atoms with Crippen LogP contribution < -0.4 is 10.6 Å². The van der Waals surface area contributed by atoms with Gasteiger partial charge in [0.25, 0.3) is 0 Å². The quantitative estimate of drug-likeness (QED) is 0.682. The van der Waals surface area contributed by atoms with Gasteiger partial charge in [-0.15, -0.1) is 0 Å². The van der Waals surface area contributed by atoms with E-state index in [0.29, 0.717) is 26.1 Å². The van der Waals surface area contributed by atoms with Crippen LogP contribution in [0.2, 0.25) is 0 Å². The average Bonchev–Trinajstić information content (AvgIpc) is 3.12. The maximum Gasteiger partial charge on any atom is 0.237 e. The van der Waals surface area contributed by atoms with Crippen molar-refractivity contribution in [2.24, 2.45) is 0 Å². The summed E-state index contributed by atoms with van der Waals surface area (Å²) in [4.78, 5) is 26.6. The summed E-state index contributed by atoms with van der Waals surface area (Å²) in [6.45, 7) is 2.55. The largest absolute Gasteiger partial charge is 0.356 e. The summed E-state index contributed by atoms with van der Waals surface area (Å²) in [5.41, 5.74) is 2.11. The van der Waals surface area contributed by atoms with Crippen LogP contribution in [0.5, 0.6) is 0 Å². The summed E-state index contributed by atoms with van der Waals surface area (Å²) in [5.74, 6) is -0.189. The molecule has 0 radical (unpaired) electrons. The molecule has 2 amide bonds. The van der Waals surface area contributed by atoms with Crippen molar-refractivity contribution in [1.29, 1.82) is 0 Å². The molecule has 2 aromatic rings. The number of aromatic amines is 1. The molecule has 0 saturated carbocycles.